The molecular weight excluding hydrogens is 591 g/mol. The molecule has 2 N–H and O–H groups in total. The average molecular weight is 623 g/mol. The van der Waals surface area contributed by atoms with Gasteiger partial charge in [-0.15, -0.1) is 11.3 Å². The van der Waals surface area contributed by atoms with Gasteiger partial charge in [-0.25, -0.2) is 13.8 Å². The molecular formula is C29H31F5N6O2S. The van der Waals surface area contributed by atoms with E-state index < -0.39 is 46.1 Å². The summed E-state index contributed by atoms with van der Waals surface area (Å²) in [6.07, 6.45) is -0.474. The topological polar surface area (TPSA) is 84.6 Å². The first-order valence-corrected chi connectivity index (χ1v) is 14.5. The molecule has 14 heteroatoms. The fraction of sp³-hybridized carbons (Fsp3) is 0.414. The fourth-order valence-electron chi connectivity index (χ4n) is 5.52. The molecule has 1 aromatic carbocycles. The molecule has 2 aromatic heterocycles. The van der Waals surface area contributed by atoms with E-state index in [0.29, 0.717) is 43.0 Å². The SMILES string of the molecule is Cc1cnc(N2CCC=C(c3c(F)cc(N4C[C@@H](C)N(C)[C@@H](C)C4)c(NC(=O)c4c[nH]c(=O)cc4C(F)(F)F)c3F)C2)s1. The van der Waals surface area contributed by atoms with Crippen molar-refractivity contribution in [3.8, 4) is 0 Å². The lowest BCUT2D eigenvalue weighted by molar-refractivity contribution is -0.138. The summed E-state index contributed by atoms with van der Waals surface area (Å²) < 4.78 is 73.7. The zero-order chi connectivity index (χ0) is 31.2. The Morgan fingerprint density at radius 3 is 2.47 bits per heavy atom. The number of likely N-dealkylation sites (N-methyl/N-ethyl adjacent to an activating group) is 1. The third-order valence-corrected chi connectivity index (χ3v) is 8.94. The molecule has 2 aliphatic heterocycles. The largest absolute Gasteiger partial charge is 0.417 e. The van der Waals surface area contributed by atoms with Crippen molar-refractivity contribution >= 4 is 39.3 Å². The molecule has 4 heterocycles. The van der Waals surface area contributed by atoms with E-state index >= 15 is 8.78 Å². The monoisotopic (exact) mass is 622 g/mol. The molecule has 1 saturated heterocycles. The van der Waals surface area contributed by atoms with Gasteiger partial charge in [0.2, 0.25) is 5.56 Å². The maximum atomic E-state index is 16.6. The number of hydrogen-bond acceptors (Lipinski definition) is 7. The number of hydrogen-bond donors (Lipinski definition) is 2. The Balaban J connectivity index is 1.60. The zero-order valence-corrected chi connectivity index (χ0v) is 24.8. The standard InChI is InChI=1S/C29H31F5N6O2S/c1-15-12-40(13-16(2)38(15)4)22-9-21(30)24(18-6-5-7-39(14-18)28-36-10-17(3)43-28)25(31)26(22)37-27(42)19-11-35-23(41)8-20(19)29(32,33)34/h6,8-11,15-16H,5,7,12-14H2,1-4H3,(H,35,41)(H,37,42)/t15-,16+. The lowest BCUT2D eigenvalue weighted by Gasteiger charge is -2.44. The molecule has 5 rings (SSSR count). The Hall–Kier alpha value is -3.78. The molecule has 0 spiro atoms. The van der Waals surface area contributed by atoms with Gasteiger partial charge >= 0.3 is 6.18 Å². The molecule has 0 unspecified atom stereocenters. The number of nitrogens with one attached hydrogen (secondary N) is 2. The lowest BCUT2D eigenvalue weighted by Crippen LogP contribution is -2.55. The predicted molar refractivity (Wildman–Crippen MR) is 157 cm³/mol. The summed E-state index contributed by atoms with van der Waals surface area (Å²) in [5.41, 5.74) is -3.88. The molecule has 230 valence electrons. The summed E-state index contributed by atoms with van der Waals surface area (Å²) >= 11 is 1.45. The van der Waals surface area contributed by atoms with E-state index in [-0.39, 0.29) is 35.9 Å². The molecule has 0 radical (unpaired) electrons. The molecule has 43 heavy (non-hydrogen) atoms. The van der Waals surface area contributed by atoms with Crippen LogP contribution in [0.15, 0.2) is 35.4 Å². The maximum Gasteiger partial charge on any atom is 0.417 e. The number of rotatable bonds is 5. The Morgan fingerprint density at radius 2 is 1.84 bits per heavy atom. The Kier molecular flexibility index (Phi) is 8.36. The van der Waals surface area contributed by atoms with Gasteiger partial charge < -0.3 is 20.1 Å². The second-order valence-corrected chi connectivity index (χ2v) is 12.2. The van der Waals surface area contributed by atoms with Gasteiger partial charge in [0.1, 0.15) is 11.5 Å². The van der Waals surface area contributed by atoms with Crippen molar-refractivity contribution in [3.63, 3.8) is 0 Å². The van der Waals surface area contributed by atoms with Gasteiger partial charge in [0.15, 0.2) is 10.9 Å². The maximum absolute atomic E-state index is 16.6. The van der Waals surface area contributed by atoms with Crippen molar-refractivity contribution in [3.05, 3.63) is 74.2 Å². The van der Waals surface area contributed by atoms with Crippen LogP contribution < -0.4 is 20.7 Å². The van der Waals surface area contributed by atoms with Crippen molar-refractivity contribution in [2.45, 2.75) is 45.5 Å². The zero-order valence-electron chi connectivity index (χ0n) is 24.0. The predicted octanol–water partition coefficient (Wildman–Crippen LogP) is 5.51. The van der Waals surface area contributed by atoms with Crippen LogP contribution in [0.1, 0.15) is 46.6 Å². The van der Waals surface area contributed by atoms with Crippen molar-refractivity contribution < 1.29 is 26.7 Å². The number of anilines is 3. The smallest absolute Gasteiger partial charge is 0.367 e. The molecule has 1 fully saturated rings. The first-order chi connectivity index (χ1) is 20.2. The normalized spacial score (nSPS) is 19.9. The quantitative estimate of drug-likeness (QED) is 0.365. The number of thiazole rings is 1. The van der Waals surface area contributed by atoms with Crippen molar-refractivity contribution in [2.75, 3.05) is 48.3 Å². The van der Waals surface area contributed by atoms with Gasteiger partial charge in [-0.05, 0) is 39.8 Å². The lowest BCUT2D eigenvalue weighted by atomic mass is 9.97. The number of amides is 1. The number of carbonyl (C=O) groups is 1. The fourth-order valence-corrected chi connectivity index (χ4v) is 6.31. The van der Waals surface area contributed by atoms with Crippen LogP contribution in [0, 0.1) is 18.6 Å². The van der Waals surface area contributed by atoms with Crippen LogP contribution in [0.3, 0.4) is 0 Å². The Morgan fingerprint density at radius 1 is 1.14 bits per heavy atom. The number of aryl methyl sites for hydroxylation is 1. The molecule has 0 bridgehead atoms. The number of nitrogens with zero attached hydrogens (tertiary/aromatic N) is 4. The van der Waals surface area contributed by atoms with E-state index in [1.165, 1.54) is 11.3 Å². The van der Waals surface area contributed by atoms with Gasteiger partial charge in [-0.2, -0.15) is 13.2 Å². The number of aromatic amines is 1. The molecule has 8 nitrogen and oxygen atoms in total. The Labute approximate surface area is 248 Å². The molecule has 2 atom stereocenters. The average Bonchev–Trinajstić information content (AvgIpc) is 3.38. The highest BCUT2D eigenvalue weighted by atomic mass is 32.1. The second kappa shape index (κ2) is 11.7. The third kappa shape index (κ3) is 6.16. The molecule has 1 amide bonds. The molecule has 0 saturated carbocycles. The van der Waals surface area contributed by atoms with E-state index in [4.69, 9.17) is 0 Å². The Bertz CT molecular complexity index is 1620. The third-order valence-electron chi connectivity index (χ3n) is 7.96. The highest BCUT2D eigenvalue weighted by Crippen LogP contribution is 2.40. The van der Waals surface area contributed by atoms with Crippen LogP contribution >= 0.6 is 11.3 Å². The summed E-state index contributed by atoms with van der Waals surface area (Å²) in [4.78, 5) is 38.1. The number of aromatic nitrogens is 2. The number of carbonyl (C=O) groups excluding carboxylic acids is 1. The minimum atomic E-state index is -5.02. The molecule has 2 aliphatic rings. The van der Waals surface area contributed by atoms with Crippen LogP contribution in [0.2, 0.25) is 0 Å². The van der Waals surface area contributed by atoms with Gasteiger partial charge in [0.05, 0.1) is 22.4 Å². The summed E-state index contributed by atoms with van der Waals surface area (Å²) in [5.74, 6) is -3.24. The van der Waals surface area contributed by atoms with E-state index in [2.05, 4.69) is 20.2 Å². The van der Waals surface area contributed by atoms with Crippen LogP contribution in [0.4, 0.5) is 38.5 Å². The highest BCUT2D eigenvalue weighted by Gasteiger charge is 2.37. The summed E-state index contributed by atoms with van der Waals surface area (Å²) in [5, 5.41) is 3.01. The molecule has 3 aromatic rings. The summed E-state index contributed by atoms with van der Waals surface area (Å²) in [6.45, 7) is 7.24. The van der Waals surface area contributed by atoms with Crippen molar-refractivity contribution in [2.24, 2.45) is 0 Å². The van der Waals surface area contributed by atoms with Crippen LogP contribution in [0.5, 0.6) is 0 Å². The van der Waals surface area contributed by atoms with Gasteiger partial charge in [0, 0.05) is 67.7 Å². The van der Waals surface area contributed by atoms with Gasteiger partial charge in [-0.3, -0.25) is 14.5 Å². The first kappa shape index (κ1) is 30.7. The highest BCUT2D eigenvalue weighted by molar-refractivity contribution is 7.15. The number of pyridine rings is 1. The number of piperazine rings is 1. The van der Waals surface area contributed by atoms with E-state index in [1.807, 2.05) is 32.7 Å². The summed E-state index contributed by atoms with van der Waals surface area (Å²) in [7, 11) is 1.93. The van der Waals surface area contributed by atoms with Crippen LogP contribution in [0.25, 0.3) is 5.57 Å². The van der Waals surface area contributed by atoms with Gasteiger partial charge in [-0.1, -0.05) is 6.08 Å². The van der Waals surface area contributed by atoms with E-state index in [9.17, 15) is 22.8 Å². The number of halogens is 5. The number of H-pyrrole nitrogens is 1. The van der Waals surface area contributed by atoms with Crippen molar-refractivity contribution in [1.82, 2.24) is 14.9 Å². The van der Waals surface area contributed by atoms with E-state index in [0.717, 1.165) is 10.9 Å². The number of alkyl halides is 3. The number of benzene rings is 1. The second-order valence-electron chi connectivity index (χ2n) is 11.0. The first-order valence-electron chi connectivity index (χ1n) is 13.7. The minimum Gasteiger partial charge on any atom is -0.367 e. The minimum absolute atomic E-state index is 0.0145. The van der Waals surface area contributed by atoms with Crippen LogP contribution in [-0.2, 0) is 6.18 Å². The van der Waals surface area contributed by atoms with Crippen molar-refractivity contribution in [1.29, 1.82) is 0 Å². The van der Waals surface area contributed by atoms with E-state index in [1.54, 1.807) is 17.2 Å². The van der Waals surface area contributed by atoms with Gasteiger partial charge in [0.25, 0.3) is 5.91 Å². The molecule has 0 aliphatic carbocycles. The van der Waals surface area contributed by atoms with Crippen LogP contribution in [-0.4, -0.2) is 66.1 Å². The summed E-state index contributed by atoms with van der Waals surface area (Å²) in [6, 6.07) is 1.35.